The van der Waals surface area contributed by atoms with Crippen molar-refractivity contribution >= 4 is 5.91 Å². The van der Waals surface area contributed by atoms with E-state index < -0.39 is 5.54 Å². The van der Waals surface area contributed by atoms with Crippen molar-refractivity contribution in [2.75, 3.05) is 13.2 Å². The first kappa shape index (κ1) is 13.5. The van der Waals surface area contributed by atoms with Crippen LogP contribution in [0.2, 0.25) is 0 Å². The third-order valence-corrected chi connectivity index (χ3v) is 3.57. The Morgan fingerprint density at radius 2 is 2.19 bits per heavy atom. The van der Waals surface area contributed by atoms with E-state index in [2.05, 4.69) is 0 Å². The minimum absolute atomic E-state index is 0.0176. The zero-order chi connectivity index (χ0) is 12.2. The number of amides is 1. The van der Waals surface area contributed by atoms with Gasteiger partial charge in [0.1, 0.15) is 0 Å². The predicted molar refractivity (Wildman–Crippen MR) is 63.9 cm³/mol. The summed E-state index contributed by atoms with van der Waals surface area (Å²) in [5.74, 6) is -0.0176. The number of nitrogens with two attached hydrogens (primary N) is 1. The molecule has 0 radical (unpaired) electrons. The largest absolute Gasteiger partial charge is 0.394 e. The van der Waals surface area contributed by atoms with Gasteiger partial charge in [0.05, 0.1) is 18.2 Å². The zero-order valence-corrected chi connectivity index (χ0v) is 10.4. The van der Waals surface area contributed by atoms with Gasteiger partial charge in [-0.1, -0.05) is 19.8 Å². The van der Waals surface area contributed by atoms with Crippen molar-refractivity contribution in [3.05, 3.63) is 0 Å². The first-order valence-electron chi connectivity index (χ1n) is 6.23. The van der Waals surface area contributed by atoms with Crippen molar-refractivity contribution in [3.63, 3.8) is 0 Å². The van der Waals surface area contributed by atoms with Crippen LogP contribution in [0, 0.1) is 0 Å². The SMILES string of the molecule is CCC(C)(N)C(=O)N1CCCCCC1CO. The van der Waals surface area contributed by atoms with Crippen LogP contribution >= 0.6 is 0 Å². The van der Waals surface area contributed by atoms with Crippen LogP contribution in [0.3, 0.4) is 0 Å². The molecule has 1 saturated heterocycles. The molecule has 0 aromatic rings. The van der Waals surface area contributed by atoms with Crippen molar-refractivity contribution in [1.82, 2.24) is 4.90 Å². The maximum Gasteiger partial charge on any atom is 0.242 e. The quantitative estimate of drug-likeness (QED) is 0.753. The van der Waals surface area contributed by atoms with Gasteiger partial charge in [-0.05, 0) is 26.2 Å². The fourth-order valence-corrected chi connectivity index (χ4v) is 2.11. The molecular weight excluding hydrogens is 204 g/mol. The molecule has 4 nitrogen and oxygen atoms in total. The molecule has 0 aromatic carbocycles. The highest BCUT2D eigenvalue weighted by molar-refractivity contribution is 5.85. The Morgan fingerprint density at radius 3 is 2.75 bits per heavy atom. The molecule has 2 atom stereocenters. The van der Waals surface area contributed by atoms with E-state index in [1.165, 1.54) is 0 Å². The van der Waals surface area contributed by atoms with E-state index in [0.717, 1.165) is 32.2 Å². The van der Waals surface area contributed by atoms with Crippen LogP contribution in [-0.4, -0.2) is 40.6 Å². The number of nitrogens with zero attached hydrogens (tertiary/aromatic N) is 1. The average molecular weight is 228 g/mol. The van der Waals surface area contributed by atoms with Crippen molar-refractivity contribution in [1.29, 1.82) is 0 Å². The van der Waals surface area contributed by atoms with E-state index in [1.807, 2.05) is 6.92 Å². The summed E-state index contributed by atoms with van der Waals surface area (Å²) < 4.78 is 0. The van der Waals surface area contributed by atoms with Gasteiger partial charge in [-0.3, -0.25) is 4.79 Å². The van der Waals surface area contributed by atoms with Gasteiger partial charge >= 0.3 is 0 Å². The van der Waals surface area contributed by atoms with E-state index in [1.54, 1.807) is 11.8 Å². The smallest absolute Gasteiger partial charge is 0.242 e. The Hall–Kier alpha value is -0.610. The van der Waals surface area contributed by atoms with Gasteiger partial charge in [0.25, 0.3) is 0 Å². The molecule has 2 unspecified atom stereocenters. The Bertz CT molecular complexity index is 241. The molecule has 0 aromatic heterocycles. The normalized spacial score (nSPS) is 26.0. The van der Waals surface area contributed by atoms with Gasteiger partial charge in [0, 0.05) is 6.54 Å². The average Bonchev–Trinajstić information content (AvgIpc) is 2.52. The van der Waals surface area contributed by atoms with Crippen molar-refractivity contribution < 1.29 is 9.90 Å². The van der Waals surface area contributed by atoms with E-state index in [4.69, 9.17) is 5.73 Å². The Balaban J connectivity index is 2.77. The lowest BCUT2D eigenvalue weighted by Crippen LogP contribution is -2.56. The van der Waals surface area contributed by atoms with Crippen molar-refractivity contribution in [2.24, 2.45) is 5.73 Å². The Kier molecular flexibility index (Phi) is 4.74. The summed E-state index contributed by atoms with van der Waals surface area (Å²) in [5, 5.41) is 9.34. The van der Waals surface area contributed by atoms with Gasteiger partial charge in [-0.15, -0.1) is 0 Å². The summed E-state index contributed by atoms with van der Waals surface area (Å²) in [7, 11) is 0. The number of aliphatic hydroxyl groups excluding tert-OH is 1. The van der Waals surface area contributed by atoms with Gasteiger partial charge in [-0.2, -0.15) is 0 Å². The van der Waals surface area contributed by atoms with E-state index >= 15 is 0 Å². The second-order valence-electron chi connectivity index (χ2n) is 4.96. The Labute approximate surface area is 97.8 Å². The summed E-state index contributed by atoms with van der Waals surface area (Å²) in [5.41, 5.74) is 5.19. The maximum absolute atomic E-state index is 12.3. The van der Waals surface area contributed by atoms with Crippen LogP contribution in [-0.2, 0) is 4.79 Å². The highest BCUT2D eigenvalue weighted by Crippen LogP contribution is 2.20. The fraction of sp³-hybridized carbons (Fsp3) is 0.917. The van der Waals surface area contributed by atoms with Crippen LogP contribution in [0.15, 0.2) is 0 Å². The summed E-state index contributed by atoms with van der Waals surface area (Å²) in [6.45, 7) is 4.47. The molecule has 1 amide bonds. The lowest BCUT2D eigenvalue weighted by atomic mass is 9.97. The molecule has 0 bridgehead atoms. The molecule has 1 aliphatic rings. The van der Waals surface area contributed by atoms with Gasteiger partial charge < -0.3 is 15.7 Å². The second-order valence-corrected chi connectivity index (χ2v) is 4.96. The number of likely N-dealkylation sites (tertiary alicyclic amines) is 1. The number of hydrogen-bond acceptors (Lipinski definition) is 3. The van der Waals surface area contributed by atoms with E-state index in [9.17, 15) is 9.90 Å². The molecule has 0 saturated carbocycles. The van der Waals surface area contributed by atoms with Crippen LogP contribution in [0.25, 0.3) is 0 Å². The second kappa shape index (κ2) is 5.64. The van der Waals surface area contributed by atoms with Gasteiger partial charge in [0.2, 0.25) is 5.91 Å². The third-order valence-electron chi connectivity index (χ3n) is 3.57. The zero-order valence-electron chi connectivity index (χ0n) is 10.4. The maximum atomic E-state index is 12.3. The lowest BCUT2D eigenvalue weighted by Gasteiger charge is -2.35. The van der Waals surface area contributed by atoms with E-state index in [-0.39, 0.29) is 18.6 Å². The summed E-state index contributed by atoms with van der Waals surface area (Å²) in [4.78, 5) is 14.1. The summed E-state index contributed by atoms with van der Waals surface area (Å²) >= 11 is 0. The molecular formula is C12H24N2O2. The topological polar surface area (TPSA) is 66.6 Å². The van der Waals surface area contributed by atoms with Crippen molar-refractivity contribution in [3.8, 4) is 0 Å². The van der Waals surface area contributed by atoms with Crippen LogP contribution in [0.5, 0.6) is 0 Å². The number of hydrogen-bond donors (Lipinski definition) is 2. The van der Waals surface area contributed by atoms with Crippen molar-refractivity contribution in [2.45, 2.75) is 57.5 Å². The molecule has 94 valence electrons. The van der Waals surface area contributed by atoms with Crippen LogP contribution < -0.4 is 5.73 Å². The first-order valence-corrected chi connectivity index (χ1v) is 6.23. The van der Waals surface area contributed by atoms with Gasteiger partial charge in [0.15, 0.2) is 0 Å². The highest BCUT2D eigenvalue weighted by Gasteiger charge is 2.34. The van der Waals surface area contributed by atoms with E-state index in [0.29, 0.717) is 6.42 Å². The molecule has 1 heterocycles. The molecule has 16 heavy (non-hydrogen) atoms. The number of carbonyl (C=O) groups excluding carboxylic acids is 1. The summed E-state index contributed by atoms with van der Waals surface area (Å²) in [6.07, 6.45) is 4.75. The first-order chi connectivity index (χ1) is 7.53. The fourth-order valence-electron chi connectivity index (χ4n) is 2.11. The number of aliphatic hydroxyl groups is 1. The minimum atomic E-state index is -0.794. The number of rotatable bonds is 3. The van der Waals surface area contributed by atoms with Crippen LogP contribution in [0.1, 0.15) is 46.0 Å². The molecule has 4 heteroatoms. The minimum Gasteiger partial charge on any atom is -0.394 e. The highest BCUT2D eigenvalue weighted by atomic mass is 16.3. The monoisotopic (exact) mass is 228 g/mol. The summed E-state index contributed by atoms with van der Waals surface area (Å²) in [6, 6.07) is -0.0376. The number of carbonyl (C=O) groups is 1. The molecule has 3 N–H and O–H groups in total. The molecule has 1 rings (SSSR count). The molecule has 1 fully saturated rings. The predicted octanol–water partition coefficient (Wildman–Crippen LogP) is 0.877. The third kappa shape index (κ3) is 2.95. The molecule has 1 aliphatic heterocycles. The lowest BCUT2D eigenvalue weighted by molar-refractivity contribution is -0.139. The van der Waals surface area contributed by atoms with Gasteiger partial charge in [-0.25, -0.2) is 0 Å². The molecule has 0 spiro atoms. The molecule has 0 aliphatic carbocycles. The standard InChI is InChI=1S/C12H24N2O2/c1-3-12(2,13)11(16)14-8-6-4-5-7-10(14)9-15/h10,15H,3-9,13H2,1-2H3. The van der Waals surface area contributed by atoms with Crippen LogP contribution in [0.4, 0.5) is 0 Å². The Morgan fingerprint density at radius 1 is 1.50 bits per heavy atom.